The highest BCUT2D eigenvalue weighted by Gasteiger charge is 2.45. The summed E-state index contributed by atoms with van der Waals surface area (Å²) in [5.74, 6) is -5.12. The zero-order valence-electron chi connectivity index (χ0n) is 17.1. The van der Waals surface area contributed by atoms with Gasteiger partial charge in [-0.25, -0.2) is 0 Å². The van der Waals surface area contributed by atoms with E-state index in [2.05, 4.69) is 0 Å². The fourth-order valence-electron chi connectivity index (χ4n) is 3.54. The van der Waals surface area contributed by atoms with Gasteiger partial charge in [-0.3, -0.25) is 4.79 Å². The second-order valence-corrected chi connectivity index (χ2v) is 7.57. The Kier molecular flexibility index (Phi) is 5.89. The summed E-state index contributed by atoms with van der Waals surface area (Å²) in [6.07, 6.45) is -8.64. The first kappa shape index (κ1) is 23.4. The molecule has 1 fully saturated rings. The Morgan fingerprint density at radius 3 is 2.21 bits per heavy atom. The molecule has 1 aromatic heterocycles. The quantitative estimate of drug-likeness (QED) is 0.208. The predicted molar refractivity (Wildman–Crippen MR) is 111 cm³/mol. The van der Waals surface area contributed by atoms with Crippen LogP contribution in [0.1, 0.15) is 0 Å². The van der Waals surface area contributed by atoms with Crippen molar-refractivity contribution in [2.24, 2.45) is 0 Å². The molecule has 13 heteroatoms. The van der Waals surface area contributed by atoms with Crippen molar-refractivity contribution in [2.45, 2.75) is 30.7 Å². The van der Waals surface area contributed by atoms with E-state index in [-0.39, 0.29) is 5.56 Å². The summed E-state index contributed by atoms with van der Waals surface area (Å²) in [5.41, 5.74) is -1.56. The number of hydrogen-bond donors (Lipinski definition) is 9. The molecular weight excluding hydrogens is 460 g/mol. The minimum Gasteiger partial charge on any atom is -0.504 e. The van der Waals surface area contributed by atoms with Crippen LogP contribution in [0, 0.1) is 0 Å². The number of phenols is 5. The summed E-state index contributed by atoms with van der Waals surface area (Å²) >= 11 is 0. The number of aliphatic hydroxyl groups is 4. The van der Waals surface area contributed by atoms with Crippen molar-refractivity contribution >= 4 is 11.0 Å². The maximum absolute atomic E-state index is 13.3. The van der Waals surface area contributed by atoms with Gasteiger partial charge >= 0.3 is 0 Å². The molecule has 3 aromatic rings. The van der Waals surface area contributed by atoms with Crippen LogP contribution < -0.4 is 10.2 Å². The molecule has 0 amide bonds. The highest BCUT2D eigenvalue weighted by Crippen LogP contribution is 2.43. The topological polar surface area (TPSA) is 231 Å². The molecule has 0 radical (unpaired) electrons. The average Bonchev–Trinajstić information content (AvgIpc) is 2.80. The molecular formula is C21H20O13. The number of fused-ring (bicyclic) bond motifs is 1. The van der Waals surface area contributed by atoms with Gasteiger partial charge in [-0.05, 0) is 18.2 Å². The molecule has 182 valence electrons. The van der Waals surface area contributed by atoms with Gasteiger partial charge in [-0.2, -0.15) is 0 Å². The summed E-state index contributed by atoms with van der Waals surface area (Å²) in [7, 11) is 0. The zero-order chi connectivity index (χ0) is 24.9. The lowest BCUT2D eigenvalue weighted by Gasteiger charge is -2.39. The van der Waals surface area contributed by atoms with Crippen LogP contribution >= 0.6 is 0 Å². The fourth-order valence-corrected chi connectivity index (χ4v) is 3.54. The average molecular weight is 480 g/mol. The van der Waals surface area contributed by atoms with E-state index >= 15 is 0 Å². The van der Waals surface area contributed by atoms with Crippen molar-refractivity contribution in [3.8, 4) is 45.8 Å². The SMILES string of the molecule is O=c1c(OC2OC(CO)C(O)C(O)C2O)c(-c2ccc(O)c(O)c2)oc2cc(O)c(O)c(O)c12. The van der Waals surface area contributed by atoms with Crippen LogP contribution in [0.15, 0.2) is 33.5 Å². The first-order valence-corrected chi connectivity index (χ1v) is 9.79. The Bertz CT molecular complexity index is 1300. The molecule has 2 heterocycles. The van der Waals surface area contributed by atoms with Crippen molar-refractivity contribution in [3.05, 3.63) is 34.5 Å². The minimum atomic E-state index is -1.91. The lowest BCUT2D eigenvalue weighted by Crippen LogP contribution is -2.60. The van der Waals surface area contributed by atoms with Gasteiger partial charge in [0.1, 0.15) is 35.4 Å². The number of ether oxygens (including phenoxy) is 2. The molecule has 1 aliphatic rings. The Balaban J connectivity index is 1.94. The summed E-state index contributed by atoms with van der Waals surface area (Å²) in [6, 6.07) is 4.13. The van der Waals surface area contributed by atoms with E-state index in [0.717, 1.165) is 18.2 Å². The van der Waals surface area contributed by atoms with Gasteiger partial charge in [0.2, 0.25) is 23.2 Å². The molecule has 34 heavy (non-hydrogen) atoms. The van der Waals surface area contributed by atoms with Crippen molar-refractivity contribution < 1.29 is 59.8 Å². The molecule has 4 rings (SSSR count). The summed E-state index contributed by atoms with van der Waals surface area (Å²) in [6.45, 7) is -0.774. The van der Waals surface area contributed by atoms with Crippen LogP contribution in [0.5, 0.6) is 34.5 Å². The van der Waals surface area contributed by atoms with Gasteiger partial charge in [0, 0.05) is 11.6 Å². The molecule has 0 saturated carbocycles. The lowest BCUT2D eigenvalue weighted by molar-refractivity contribution is -0.277. The molecule has 9 N–H and O–H groups in total. The van der Waals surface area contributed by atoms with Crippen LogP contribution in [0.25, 0.3) is 22.3 Å². The number of rotatable bonds is 4. The van der Waals surface area contributed by atoms with E-state index < -0.39 is 94.0 Å². The molecule has 0 spiro atoms. The van der Waals surface area contributed by atoms with Gasteiger partial charge in [0.15, 0.2) is 28.8 Å². The van der Waals surface area contributed by atoms with E-state index in [9.17, 15) is 50.8 Å². The summed E-state index contributed by atoms with van der Waals surface area (Å²) in [4.78, 5) is 13.3. The normalized spacial score (nSPS) is 24.9. The van der Waals surface area contributed by atoms with E-state index in [0.29, 0.717) is 0 Å². The van der Waals surface area contributed by atoms with Crippen LogP contribution in [0.4, 0.5) is 0 Å². The van der Waals surface area contributed by atoms with Crippen molar-refractivity contribution in [1.82, 2.24) is 0 Å². The maximum atomic E-state index is 13.3. The second kappa shape index (κ2) is 8.55. The summed E-state index contributed by atoms with van der Waals surface area (Å²) < 4.78 is 16.3. The van der Waals surface area contributed by atoms with E-state index in [4.69, 9.17) is 13.9 Å². The van der Waals surface area contributed by atoms with Crippen LogP contribution in [-0.4, -0.2) is 83.3 Å². The number of benzene rings is 2. The number of hydrogen-bond acceptors (Lipinski definition) is 13. The van der Waals surface area contributed by atoms with Gasteiger partial charge in [-0.15, -0.1) is 0 Å². The Morgan fingerprint density at radius 2 is 1.56 bits per heavy atom. The van der Waals surface area contributed by atoms with Gasteiger partial charge < -0.3 is 59.8 Å². The predicted octanol–water partition coefficient (Wildman–Crippen LogP) is -0.833. The van der Waals surface area contributed by atoms with Crippen molar-refractivity contribution in [3.63, 3.8) is 0 Å². The van der Waals surface area contributed by atoms with Gasteiger partial charge in [0.05, 0.1) is 6.61 Å². The molecule has 1 saturated heterocycles. The van der Waals surface area contributed by atoms with Gasteiger partial charge in [-0.1, -0.05) is 0 Å². The molecule has 13 nitrogen and oxygen atoms in total. The van der Waals surface area contributed by atoms with Gasteiger partial charge in [0.25, 0.3) is 0 Å². The highest BCUT2D eigenvalue weighted by molar-refractivity contribution is 5.91. The fraction of sp³-hybridized carbons (Fsp3) is 0.286. The van der Waals surface area contributed by atoms with E-state index in [1.807, 2.05) is 0 Å². The van der Waals surface area contributed by atoms with E-state index in [1.54, 1.807) is 0 Å². The zero-order valence-corrected chi connectivity index (χ0v) is 17.1. The molecule has 5 atom stereocenters. The standard InChI is InChI=1S/C21H20O13/c22-5-11-14(27)17(30)18(31)21(33-11)34-20-16(29)12-10(4-9(25)13(26)15(12)28)32-19(20)6-1-2-7(23)8(24)3-6/h1-4,11,14,17-18,21-28,30-31H,5H2. The largest absolute Gasteiger partial charge is 0.504 e. The third-order valence-electron chi connectivity index (χ3n) is 5.39. The molecule has 1 aliphatic heterocycles. The first-order chi connectivity index (χ1) is 16.0. The van der Waals surface area contributed by atoms with Crippen LogP contribution in [-0.2, 0) is 4.74 Å². The van der Waals surface area contributed by atoms with Crippen molar-refractivity contribution in [1.29, 1.82) is 0 Å². The van der Waals surface area contributed by atoms with Crippen molar-refractivity contribution in [2.75, 3.05) is 6.61 Å². The Morgan fingerprint density at radius 1 is 0.853 bits per heavy atom. The number of aromatic hydroxyl groups is 5. The highest BCUT2D eigenvalue weighted by atomic mass is 16.7. The smallest absolute Gasteiger partial charge is 0.239 e. The maximum Gasteiger partial charge on any atom is 0.239 e. The van der Waals surface area contributed by atoms with Crippen LogP contribution in [0.3, 0.4) is 0 Å². The lowest BCUT2D eigenvalue weighted by atomic mass is 9.99. The molecule has 5 unspecified atom stereocenters. The first-order valence-electron chi connectivity index (χ1n) is 9.79. The third-order valence-corrected chi connectivity index (χ3v) is 5.39. The minimum absolute atomic E-state index is 0.0408. The molecule has 2 aromatic carbocycles. The third kappa shape index (κ3) is 3.70. The monoisotopic (exact) mass is 480 g/mol. The Labute approximate surface area is 189 Å². The summed E-state index contributed by atoms with van der Waals surface area (Å²) in [5, 5.41) is 88.3. The molecule has 0 aliphatic carbocycles. The number of aliphatic hydroxyl groups excluding tert-OH is 4. The Hall–Kier alpha value is -3.75. The van der Waals surface area contributed by atoms with E-state index in [1.165, 1.54) is 6.07 Å². The second-order valence-electron chi connectivity index (χ2n) is 7.57. The molecule has 0 bridgehead atoms. The van der Waals surface area contributed by atoms with Crippen LogP contribution in [0.2, 0.25) is 0 Å². The number of phenolic OH excluding ortho intramolecular Hbond substituents is 5.